The number of esters is 3. The lowest BCUT2D eigenvalue weighted by Gasteiger charge is -2.44. The lowest BCUT2D eigenvalue weighted by molar-refractivity contribution is -0.212. The molecular formula is C24H28F3N3O7S. The van der Waals surface area contributed by atoms with Crippen molar-refractivity contribution in [3.05, 3.63) is 35.8 Å². The average molecular weight is 560 g/mol. The minimum atomic E-state index is -1.63. The molecule has 1 fully saturated rings. The Balaban J connectivity index is 2.09. The van der Waals surface area contributed by atoms with Gasteiger partial charge in [0.25, 0.3) is 0 Å². The minimum absolute atomic E-state index is 0.0239. The Labute approximate surface area is 221 Å². The monoisotopic (exact) mass is 559 g/mol. The molecule has 2 aromatic rings. The summed E-state index contributed by atoms with van der Waals surface area (Å²) in [5.74, 6) is -5.75. The van der Waals surface area contributed by atoms with E-state index >= 15 is 0 Å². The van der Waals surface area contributed by atoms with Gasteiger partial charge in [0.15, 0.2) is 29.7 Å². The maximum atomic E-state index is 13.9. The summed E-state index contributed by atoms with van der Waals surface area (Å²) in [4.78, 5) is 35.7. The quantitative estimate of drug-likeness (QED) is 0.185. The Hall–Kier alpha value is -3.13. The molecule has 0 radical (unpaired) electrons. The molecule has 14 heteroatoms. The van der Waals surface area contributed by atoms with Crippen LogP contribution < -0.4 is 0 Å². The second-order valence-electron chi connectivity index (χ2n) is 8.55. The zero-order chi connectivity index (χ0) is 28.0. The maximum Gasteiger partial charge on any atom is 0.303 e. The Morgan fingerprint density at radius 2 is 1.66 bits per heavy atom. The molecule has 3 unspecified atom stereocenters. The van der Waals surface area contributed by atoms with Gasteiger partial charge in [-0.15, -0.1) is 16.9 Å². The van der Waals surface area contributed by atoms with Crippen LogP contribution >= 0.6 is 11.8 Å². The molecule has 0 spiro atoms. The first-order valence-corrected chi connectivity index (χ1v) is 12.9. The van der Waals surface area contributed by atoms with Crippen LogP contribution in [0.25, 0.3) is 11.3 Å². The van der Waals surface area contributed by atoms with Gasteiger partial charge in [-0.05, 0) is 24.3 Å². The highest BCUT2D eigenvalue weighted by Gasteiger charge is 2.51. The summed E-state index contributed by atoms with van der Waals surface area (Å²) in [7, 11) is 0. The summed E-state index contributed by atoms with van der Waals surface area (Å²) in [6, 6.07) is 0.487. The molecule has 2 heterocycles. The van der Waals surface area contributed by atoms with E-state index in [2.05, 4.69) is 10.3 Å². The van der Waals surface area contributed by atoms with Gasteiger partial charge >= 0.3 is 17.9 Å². The number of hydrogen-bond donors (Lipinski definition) is 0. The molecule has 0 N–H and O–H groups in total. The molecule has 1 aromatic heterocycles. The smallest absolute Gasteiger partial charge is 0.303 e. The third-order valence-corrected chi connectivity index (χ3v) is 6.78. The number of nitrogens with zero attached hydrogens (tertiary/aromatic N) is 3. The zero-order valence-electron chi connectivity index (χ0n) is 21.2. The number of thioether (sulfide) groups is 1. The van der Waals surface area contributed by atoms with E-state index in [4.69, 9.17) is 18.9 Å². The zero-order valence-corrected chi connectivity index (χ0v) is 22.0. The van der Waals surface area contributed by atoms with Gasteiger partial charge in [-0.25, -0.2) is 17.9 Å². The van der Waals surface area contributed by atoms with Crippen molar-refractivity contribution in [1.29, 1.82) is 0 Å². The minimum Gasteiger partial charge on any atom is -0.463 e. The van der Waals surface area contributed by atoms with E-state index in [-0.39, 0.29) is 17.9 Å². The summed E-state index contributed by atoms with van der Waals surface area (Å²) in [6.07, 6.45) is -0.178. The number of benzene rings is 1. The van der Waals surface area contributed by atoms with Gasteiger partial charge in [-0.2, -0.15) is 0 Å². The number of carbonyl (C=O) groups is 3. The van der Waals surface area contributed by atoms with E-state index < -0.39 is 65.1 Å². The van der Waals surface area contributed by atoms with Crippen LogP contribution in [0.15, 0.2) is 18.3 Å². The second kappa shape index (κ2) is 13.1. The van der Waals surface area contributed by atoms with E-state index in [1.165, 1.54) is 43.4 Å². The summed E-state index contributed by atoms with van der Waals surface area (Å²) >= 11 is 1.36. The fraction of sp³-hybridized carbons (Fsp3) is 0.542. The number of hydrogen-bond acceptors (Lipinski definition) is 10. The summed E-state index contributed by atoms with van der Waals surface area (Å²) in [5, 5.41) is 7.99. The van der Waals surface area contributed by atoms with Gasteiger partial charge in [-0.3, -0.25) is 14.4 Å². The predicted octanol–water partition coefficient (Wildman–Crippen LogP) is 3.59. The molecule has 1 saturated heterocycles. The van der Waals surface area contributed by atoms with Gasteiger partial charge < -0.3 is 18.9 Å². The normalized spacial score (nSPS) is 23.1. The van der Waals surface area contributed by atoms with E-state index in [0.717, 1.165) is 25.0 Å². The van der Waals surface area contributed by atoms with Crippen molar-refractivity contribution in [3.63, 3.8) is 0 Å². The van der Waals surface area contributed by atoms with Crippen molar-refractivity contribution < 1.29 is 46.5 Å². The van der Waals surface area contributed by atoms with Crippen LogP contribution in [0.4, 0.5) is 13.2 Å². The molecule has 3 rings (SSSR count). The fourth-order valence-electron chi connectivity index (χ4n) is 3.92. The summed E-state index contributed by atoms with van der Waals surface area (Å²) in [6.45, 7) is 5.30. The van der Waals surface area contributed by atoms with Crippen molar-refractivity contribution in [2.75, 3.05) is 12.4 Å². The third-order valence-electron chi connectivity index (χ3n) is 5.55. The van der Waals surface area contributed by atoms with Crippen molar-refractivity contribution in [2.24, 2.45) is 0 Å². The van der Waals surface area contributed by atoms with Gasteiger partial charge in [0, 0.05) is 26.3 Å². The molecule has 0 saturated carbocycles. The van der Waals surface area contributed by atoms with Crippen LogP contribution in [0, 0.1) is 17.5 Å². The second-order valence-corrected chi connectivity index (χ2v) is 9.75. The lowest BCUT2D eigenvalue weighted by atomic mass is 9.96. The highest BCUT2D eigenvalue weighted by atomic mass is 32.2. The third kappa shape index (κ3) is 7.25. The van der Waals surface area contributed by atoms with E-state index in [1.54, 1.807) is 0 Å². The number of halogens is 3. The SMILES string of the molecule is CCCCS[C@H]1OC(COC(C)=O)[C@H](OC(C)=O)C(n2cc(-c3cc(F)c(F)c(F)c3)nn2)C1OC(C)=O. The van der Waals surface area contributed by atoms with Gasteiger partial charge in [0.05, 0.1) is 6.20 Å². The van der Waals surface area contributed by atoms with Crippen LogP contribution in [0.2, 0.25) is 0 Å². The number of ether oxygens (including phenoxy) is 4. The molecule has 1 aliphatic heterocycles. The highest BCUT2D eigenvalue weighted by Crippen LogP contribution is 2.39. The Kier molecular flexibility index (Phi) is 10.1. The first kappa shape index (κ1) is 29.4. The number of rotatable bonds is 10. The van der Waals surface area contributed by atoms with Crippen LogP contribution in [-0.2, 0) is 33.3 Å². The van der Waals surface area contributed by atoms with Crippen molar-refractivity contribution in [2.45, 2.75) is 70.3 Å². The van der Waals surface area contributed by atoms with E-state index in [1.807, 2.05) is 6.92 Å². The van der Waals surface area contributed by atoms with Crippen molar-refractivity contribution in [1.82, 2.24) is 15.0 Å². The molecule has 5 atom stereocenters. The lowest BCUT2D eigenvalue weighted by Crippen LogP contribution is -2.57. The Morgan fingerprint density at radius 1 is 1.03 bits per heavy atom. The van der Waals surface area contributed by atoms with Crippen molar-refractivity contribution >= 4 is 29.7 Å². The number of carbonyl (C=O) groups excluding carboxylic acids is 3. The molecular weight excluding hydrogens is 531 g/mol. The van der Waals surface area contributed by atoms with Crippen LogP contribution in [-0.4, -0.2) is 69.0 Å². The molecule has 0 bridgehead atoms. The standard InChI is InChI=1S/C24H28F3N3O7S/c1-5-6-7-38-24-23(36-14(4)33)21(22(35-13(3)32)19(37-24)11-34-12(2)31)30-10-18(28-29-30)15-8-16(25)20(27)17(26)9-15/h8-10,19,21-24H,5-7,11H2,1-4H3/t19?,21?,22-,23?,24+/m0/s1. The van der Waals surface area contributed by atoms with Crippen LogP contribution in [0.1, 0.15) is 46.6 Å². The fourth-order valence-corrected chi connectivity index (χ4v) is 5.24. The molecule has 0 aliphatic carbocycles. The molecule has 10 nitrogen and oxygen atoms in total. The van der Waals surface area contributed by atoms with Gasteiger partial charge in [0.1, 0.15) is 29.9 Å². The van der Waals surface area contributed by atoms with Gasteiger partial charge in [-0.1, -0.05) is 18.6 Å². The maximum absolute atomic E-state index is 13.9. The predicted molar refractivity (Wildman–Crippen MR) is 128 cm³/mol. The Morgan fingerprint density at radius 3 is 2.24 bits per heavy atom. The van der Waals surface area contributed by atoms with E-state index in [0.29, 0.717) is 5.75 Å². The average Bonchev–Trinajstić information content (AvgIpc) is 3.32. The number of aromatic nitrogens is 3. The molecule has 1 aromatic carbocycles. The first-order chi connectivity index (χ1) is 18.0. The number of unbranched alkanes of at least 4 members (excludes halogenated alkanes) is 1. The molecule has 208 valence electrons. The molecule has 38 heavy (non-hydrogen) atoms. The molecule has 1 aliphatic rings. The van der Waals surface area contributed by atoms with Crippen LogP contribution in [0.5, 0.6) is 0 Å². The molecule has 0 amide bonds. The van der Waals surface area contributed by atoms with Gasteiger partial charge in [0.2, 0.25) is 0 Å². The summed E-state index contributed by atoms with van der Waals surface area (Å²) in [5.41, 5.74) is -0.904. The Bertz CT molecular complexity index is 1140. The van der Waals surface area contributed by atoms with Crippen LogP contribution in [0.3, 0.4) is 0 Å². The van der Waals surface area contributed by atoms with E-state index in [9.17, 15) is 27.6 Å². The first-order valence-electron chi connectivity index (χ1n) is 11.8. The van der Waals surface area contributed by atoms with Crippen molar-refractivity contribution in [3.8, 4) is 11.3 Å². The topological polar surface area (TPSA) is 119 Å². The summed E-state index contributed by atoms with van der Waals surface area (Å²) < 4.78 is 64.8. The largest absolute Gasteiger partial charge is 0.463 e. The highest BCUT2D eigenvalue weighted by molar-refractivity contribution is 7.99.